The van der Waals surface area contributed by atoms with Gasteiger partial charge in [-0.3, -0.25) is 14.9 Å². The van der Waals surface area contributed by atoms with E-state index in [9.17, 15) is 14.9 Å². The average Bonchev–Trinajstić information content (AvgIpc) is 3.51. The summed E-state index contributed by atoms with van der Waals surface area (Å²) < 4.78 is 5.63. The van der Waals surface area contributed by atoms with Crippen LogP contribution in [0.3, 0.4) is 0 Å². The molecule has 0 bridgehead atoms. The quantitative estimate of drug-likeness (QED) is 0.253. The summed E-state index contributed by atoms with van der Waals surface area (Å²) in [6.45, 7) is 3.31. The van der Waals surface area contributed by atoms with Gasteiger partial charge in [-0.05, 0) is 68.5 Å². The molecule has 9 heteroatoms. The first-order valence-corrected chi connectivity index (χ1v) is 12.2. The van der Waals surface area contributed by atoms with Crippen LogP contribution in [0.1, 0.15) is 30.6 Å². The number of furan rings is 1. The summed E-state index contributed by atoms with van der Waals surface area (Å²) in [4.78, 5) is 34.7. The maximum Gasteiger partial charge on any atom is 0.252 e. The van der Waals surface area contributed by atoms with Crippen molar-refractivity contribution >= 4 is 40.1 Å². The number of hydrogen-bond donors (Lipinski definition) is 2. The first-order chi connectivity index (χ1) is 17.5. The van der Waals surface area contributed by atoms with Gasteiger partial charge in [-0.25, -0.2) is 4.99 Å². The van der Waals surface area contributed by atoms with Crippen molar-refractivity contribution in [2.75, 3.05) is 29.9 Å². The number of para-hydroxylation sites is 1. The highest BCUT2D eigenvalue weighted by atomic mass is 16.3. The number of nitrogens with zero attached hydrogens (tertiary/aromatic N) is 4. The van der Waals surface area contributed by atoms with Gasteiger partial charge in [-0.15, -0.1) is 0 Å². The SMILES string of the molecule is Cc1cc2cc(NC(=NC3CCc4ccccc4N(CC(=O)N4CCCC4)C3=O)NC#N)ccc2o1. The molecule has 2 aliphatic heterocycles. The van der Waals surface area contributed by atoms with Crippen LogP contribution in [0.4, 0.5) is 11.4 Å². The lowest BCUT2D eigenvalue weighted by Crippen LogP contribution is -2.45. The van der Waals surface area contributed by atoms with Gasteiger partial charge in [-0.1, -0.05) is 18.2 Å². The van der Waals surface area contributed by atoms with Gasteiger partial charge >= 0.3 is 0 Å². The van der Waals surface area contributed by atoms with Gasteiger partial charge < -0.3 is 19.5 Å². The summed E-state index contributed by atoms with van der Waals surface area (Å²) in [5, 5.41) is 15.9. The Morgan fingerprint density at radius 3 is 2.81 bits per heavy atom. The van der Waals surface area contributed by atoms with Crippen LogP contribution in [0.2, 0.25) is 0 Å². The second-order valence-corrected chi connectivity index (χ2v) is 9.14. The Morgan fingerprint density at radius 2 is 2.00 bits per heavy atom. The predicted octanol–water partition coefficient (Wildman–Crippen LogP) is 3.55. The average molecular weight is 485 g/mol. The number of anilines is 2. The molecule has 1 saturated heterocycles. The molecule has 2 aromatic carbocycles. The van der Waals surface area contributed by atoms with Gasteiger partial charge in [0.25, 0.3) is 5.91 Å². The number of carbonyl (C=O) groups is 2. The van der Waals surface area contributed by atoms with Gasteiger partial charge in [0.1, 0.15) is 23.9 Å². The van der Waals surface area contributed by atoms with Gasteiger partial charge in [0.15, 0.2) is 6.19 Å². The minimum atomic E-state index is -0.757. The van der Waals surface area contributed by atoms with Gasteiger partial charge in [0.2, 0.25) is 11.9 Å². The molecule has 9 nitrogen and oxygen atoms in total. The van der Waals surface area contributed by atoms with Crippen molar-refractivity contribution in [2.45, 2.75) is 38.6 Å². The zero-order chi connectivity index (χ0) is 25.1. The number of aryl methyl sites for hydroxylation is 2. The van der Waals surface area contributed by atoms with E-state index in [0.717, 1.165) is 53.9 Å². The summed E-state index contributed by atoms with van der Waals surface area (Å²) in [6, 6.07) is 14.4. The molecule has 1 unspecified atom stereocenters. The molecule has 1 fully saturated rings. The third-order valence-electron chi connectivity index (χ3n) is 6.63. The lowest BCUT2D eigenvalue weighted by atomic mass is 10.1. The van der Waals surface area contributed by atoms with Crippen LogP contribution in [0.15, 0.2) is 57.9 Å². The fraction of sp³-hybridized carbons (Fsp3) is 0.333. The number of likely N-dealkylation sites (tertiary alicyclic amines) is 1. The Bertz CT molecular complexity index is 1370. The number of aliphatic imine (C=N–C) groups is 1. The number of fused-ring (bicyclic) bond motifs is 2. The number of rotatable bonds is 4. The maximum absolute atomic E-state index is 13.7. The smallest absolute Gasteiger partial charge is 0.252 e. The molecule has 0 spiro atoms. The summed E-state index contributed by atoms with van der Waals surface area (Å²) in [5.74, 6) is 0.663. The molecule has 2 amide bonds. The topological polar surface area (TPSA) is 114 Å². The fourth-order valence-electron chi connectivity index (χ4n) is 4.88. The monoisotopic (exact) mass is 484 g/mol. The Hall–Kier alpha value is -4.32. The molecule has 5 rings (SSSR count). The Kier molecular flexibility index (Phi) is 6.58. The van der Waals surface area contributed by atoms with E-state index in [1.165, 1.54) is 0 Å². The minimum absolute atomic E-state index is 0.0210. The van der Waals surface area contributed by atoms with Crippen LogP contribution >= 0.6 is 0 Å². The van der Waals surface area contributed by atoms with Crippen molar-refractivity contribution in [3.63, 3.8) is 0 Å². The van der Waals surface area contributed by atoms with Crippen molar-refractivity contribution in [1.29, 1.82) is 5.26 Å². The van der Waals surface area contributed by atoms with Crippen molar-refractivity contribution in [3.05, 3.63) is 59.9 Å². The molecule has 2 N–H and O–H groups in total. The number of carbonyl (C=O) groups excluding carboxylic acids is 2. The van der Waals surface area contributed by atoms with E-state index in [2.05, 4.69) is 15.6 Å². The molecular weight excluding hydrogens is 456 g/mol. The first-order valence-electron chi connectivity index (χ1n) is 12.2. The maximum atomic E-state index is 13.7. The van der Waals surface area contributed by atoms with Crippen LogP contribution in [-0.4, -0.2) is 48.3 Å². The van der Waals surface area contributed by atoms with E-state index in [1.807, 2.05) is 66.5 Å². The standard InChI is InChI=1S/C27H28N6O3/c1-18-14-20-15-21(9-11-24(20)36-18)30-27(29-17-28)31-22-10-8-19-6-2-3-7-23(19)33(26(22)35)16-25(34)32-12-4-5-13-32/h2-3,6-7,9,11,14-15,22H,4-5,8,10,12-13,16H2,1H3,(H2,29,30,31). The fourth-order valence-corrected chi connectivity index (χ4v) is 4.88. The number of nitriles is 1. The van der Waals surface area contributed by atoms with Crippen molar-refractivity contribution in [1.82, 2.24) is 10.2 Å². The van der Waals surface area contributed by atoms with Crippen molar-refractivity contribution in [2.24, 2.45) is 4.99 Å². The summed E-state index contributed by atoms with van der Waals surface area (Å²) in [6.07, 6.45) is 4.97. The Morgan fingerprint density at radius 1 is 1.19 bits per heavy atom. The van der Waals surface area contributed by atoms with Crippen LogP contribution in [0.5, 0.6) is 0 Å². The molecule has 1 atom stereocenters. The van der Waals surface area contributed by atoms with E-state index in [4.69, 9.17) is 4.42 Å². The lowest BCUT2D eigenvalue weighted by Gasteiger charge is -2.26. The highest BCUT2D eigenvalue weighted by molar-refractivity contribution is 6.05. The molecule has 3 aromatic rings. The van der Waals surface area contributed by atoms with E-state index >= 15 is 0 Å². The number of hydrogen-bond acceptors (Lipinski definition) is 5. The largest absolute Gasteiger partial charge is 0.461 e. The molecule has 0 radical (unpaired) electrons. The van der Waals surface area contributed by atoms with E-state index in [0.29, 0.717) is 18.5 Å². The zero-order valence-electron chi connectivity index (χ0n) is 20.2. The molecule has 0 saturated carbocycles. The highest BCUT2D eigenvalue weighted by Gasteiger charge is 2.33. The van der Waals surface area contributed by atoms with E-state index < -0.39 is 6.04 Å². The van der Waals surface area contributed by atoms with Crippen molar-refractivity contribution < 1.29 is 14.0 Å². The zero-order valence-corrected chi connectivity index (χ0v) is 20.2. The third-order valence-corrected chi connectivity index (χ3v) is 6.63. The van der Waals surface area contributed by atoms with Gasteiger partial charge in [-0.2, -0.15) is 5.26 Å². The lowest BCUT2D eigenvalue weighted by molar-refractivity contribution is -0.130. The third kappa shape index (κ3) is 4.89. The second kappa shape index (κ2) is 10.1. The Balaban J connectivity index is 1.42. The van der Waals surface area contributed by atoms with Crippen LogP contribution < -0.4 is 15.5 Å². The van der Waals surface area contributed by atoms with Gasteiger partial charge in [0, 0.05) is 29.9 Å². The molecular formula is C27H28N6O3. The second-order valence-electron chi connectivity index (χ2n) is 9.14. The van der Waals surface area contributed by atoms with Crippen LogP contribution in [-0.2, 0) is 16.0 Å². The predicted molar refractivity (Wildman–Crippen MR) is 137 cm³/mol. The molecule has 184 valence electrons. The molecule has 2 aliphatic rings. The molecule has 36 heavy (non-hydrogen) atoms. The van der Waals surface area contributed by atoms with Crippen molar-refractivity contribution in [3.8, 4) is 6.19 Å². The highest BCUT2D eigenvalue weighted by Crippen LogP contribution is 2.29. The van der Waals surface area contributed by atoms with E-state index in [-0.39, 0.29) is 24.3 Å². The summed E-state index contributed by atoms with van der Waals surface area (Å²) in [5.41, 5.74) is 3.22. The van der Waals surface area contributed by atoms with Gasteiger partial charge in [0.05, 0.1) is 0 Å². The van der Waals surface area contributed by atoms with Crippen LogP contribution in [0.25, 0.3) is 11.0 Å². The van der Waals surface area contributed by atoms with Crippen LogP contribution in [0, 0.1) is 18.4 Å². The molecule has 1 aromatic heterocycles. The Labute approximate surface area is 209 Å². The molecule has 0 aliphatic carbocycles. The normalized spacial score (nSPS) is 18.1. The molecule has 3 heterocycles. The van der Waals surface area contributed by atoms with E-state index in [1.54, 1.807) is 4.90 Å². The number of guanidine groups is 1. The number of nitrogens with one attached hydrogen (secondary N) is 2. The number of amides is 2. The first kappa shape index (κ1) is 23.4. The minimum Gasteiger partial charge on any atom is -0.461 e. The summed E-state index contributed by atoms with van der Waals surface area (Å²) >= 11 is 0. The number of benzene rings is 2. The summed E-state index contributed by atoms with van der Waals surface area (Å²) in [7, 11) is 0.